The van der Waals surface area contributed by atoms with Gasteiger partial charge >= 0.3 is 11.9 Å². The van der Waals surface area contributed by atoms with Gasteiger partial charge in [-0.3, -0.25) is 14.5 Å². The van der Waals surface area contributed by atoms with Gasteiger partial charge < -0.3 is 10.2 Å². The molecule has 1 rings (SSSR count). The number of hydrogen-bond donors (Lipinski definition) is 2. The van der Waals surface area contributed by atoms with Crippen molar-refractivity contribution >= 4 is 11.9 Å². The van der Waals surface area contributed by atoms with E-state index in [0.717, 1.165) is 6.42 Å². The van der Waals surface area contributed by atoms with Crippen molar-refractivity contribution in [2.24, 2.45) is 5.92 Å². The Bertz CT molecular complexity index is 228. The third kappa shape index (κ3) is 1.98. The van der Waals surface area contributed by atoms with Crippen LogP contribution in [-0.4, -0.2) is 46.7 Å². The van der Waals surface area contributed by atoms with Crippen LogP contribution in [-0.2, 0) is 9.59 Å². The lowest BCUT2D eigenvalue weighted by Crippen LogP contribution is -2.50. The number of carboxylic acid groups (broad SMARTS) is 2. The molecule has 1 heterocycles. The molecule has 0 radical (unpaired) electrons. The van der Waals surface area contributed by atoms with Gasteiger partial charge in [-0.15, -0.1) is 0 Å². The summed E-state index contributed by atoms with van der Waals surface area (Å²) in [6.07, 6.45) is 1.20. The first-order chi connectivity index (χ1) is 6.04. The second-order valence-electron chi connectivity index (χ2n) is 3.35. The molecule has 5 nitrogen and oxygen atoms in total. The Morgan fingerprint density at radius 3 is 2.31 bits per heavy atom. The standard InChI is InChI=1S/C8H13NO4/c1-9-4-2-3-5(7(10)11)6(9)8(12)13/h5-6H,2-4H2,1H3,(H,10,11)(H,12,13)/t5-,6+/m1/s1. The van der Waals surface area contributed by atoms with Crippen LogP contribution in [0.15, 0.2) is 0 Å². The predicted molar refractivity (Wildman–Crippen MR) is 44.4 cm³/mol. The first-order valence-corrected chi connectivity index (χ1v) is 4.20. The van der Waals surface area contributed by atoms with Crippen molar-refractivity contribution < 1.29 is 19.8 Å². The number of rotatable bonds is 2. The molecular weight excluding hydrogens is 174 g/mol. The third-order valence-electron chi connectivity index (χ3n) is 2.45. The predicted octanol–water partition coefficient (Wildman–Crippen LogP) is -0.134. The highest BCUT2D eigenvalue weighted by molar-refractivity contribution is 5.82. The van der Waals surface area contributed by atoms with Gasteiger partial charge in [-0.2, -0.15) is 0 Å². The first-order valence-electron chi connectivity index (χ1n) is 4.20. The fourth-order valence-electron chi connectivity index (χ4n) is 1.78. The van der Waals surface area contributed by atoms with E-state index in [-0.39, 0.29) is 0 Å². The van der Waals surface area contributed by atoms with Crippen LogP contribution in [0.4, 0.5) is 0 Å². The fraction of sp³-hybridized carbons (Fsp3) is 0.750. The van der Waals surface area contributed by atoms with Gasteiger partial charge in [0.2, 0.25) is 0 Å². The Kier molecular flexibility index (Phi) is 2.87. The zero-order valence-corrected chi connectivity index (χ0v) is 7.43. The van der Waals surface area contributed by atoms with E-state index in [1.165, 1.54) is 0 Å². The highest BCUT2D eigenvalue weighted by atomic mass is 16.4. The lowest BCUT2D eigenvalue weighted by Gasteiger charge is -2.33. The fourth-order valence-corrected chi connectivity index (χ4v) is 1.78. The van der Waals surface area contributed by atoms with Gasteiger partial charge in [0.05, 0.1) is 5.92 Å². The molecule has 0 aliphatic carbocycles. The van der Waals surface area contributed by atoms with E-state index in [4.69, 9.17) is 10.2 Å². The summed E-state index contributed by atoms with van der Waals surface area (Å²) in [6, 6.07) is -0.869. The summed E-state index contributed by atoms with van der Waals surface area (Å²) in [5.41, 5.74) is 0. The molecule has 1 saturated heterocycles. The molecule has 13 heavy (non-hydrogen) atoms. The Morgan fingerprint density at radius 2 is 1.92 bits per heavy atom. The number of likely N-dealkylation sites (N-methyl/N-ethyl adjacent to an activating group) is 1. The molecular formula is C8H13NO4. The largest absolute Gasteiger partial charge is 0.481 e. The maximum Gasteiger partial charge on any atom is 0.321 e. The van der Waals surface area contributed by atoms with E-state index in [1.54, 1.807) is 11.9 Å². The Balaban J connectivity index is 2.80. The number of aliphatic carboxylic acids is 2. The van der Waals surface area contributed by atoms with Gasteiger partial charge in [-0.25, -0.2) is 0 Å². The lowest BCUT2D eigenvalue weighted by molar-refractivity contribution is -0.157. The van der Waals surface area contributed by atoms with Crippen LogP contribution in [0.25, 0.3) is 0 Å². The first kappa shape index (κ1) is 9.98. The number of carboxylic acids is 2. The molecule has 1 aliphatic rings. The average Bonchev–Trinajstić information content (AvgIpc) is 2.02. The lowest BCUT2D eigenvalue weighted by atomic mass is 9.90. The molecule has 2 atom stereocenters. The van der Waals surface area contributed by atoms with Crippen molar-refractivity contribution in [2.75, 3.05) is 13.6 Å². The minimum absolute atomic E-state index is 0.455. The molecule has 0 saturated carbocycles. The number of likely N-dealkylation sites (tertiary alicyclic amines) is 1. The summed E-state index contributed by atoms with van der Waals surface area (Å²) in [4.78, 5) is 23.1. The molecule has 0 aromatic heterocycles. The van der Waals surface area contributed by atoms with E-state index in [9.17, 15) is 9.59 Å². The van der Waals surface area contributed by atoms with Gasteiger partial charge in [0.25, 0.3) is 0 Å². The van der Waals surface area contributed by atoms with Crippen LogP contribution < -0.4 is 0 Å². The van der Waals surface area contributed by atoms with Crippen LogP contribution in [0.3, 0.4) is 0 Å². The summed E-state index contributed by atoms with van der Waals surface area (Å²) >= 11 is 0. The summed E-state index contributed by atoms with van der Waals surface area (Å²) in [5, 5.41) is 17.6. The van der Waals surface area contributed by atoms with E-state index in [1.807, 2.05) is 0 Å². The minimum atomic E-state index is -1.05. The zero-order chi connectivity index (χ0) is 10.0. The number of hydrogen-bond acceptors (Lipinski definition) is 3. The number of piperidine rings is 1. The monoisotopic (exact) mass is 187 g/mol. The number of carbonyl (C=O) groups is 2. The Morgan fingerprint density at radius 1 is 1.31 bits per heavy atom. The third-order valence-corrected chi connectivity index (χ3v) is 2.45. The highest BCUT2D eigenvalue weighted by Crippen LogP contribution is 2.22. The summed E-state index contributed by atoms with van der Waals surface area (Å²) in [5.74, 6) is -2.83. The van der Waals surface area contributed by atoms with E-state index in [0.29, 0.717) is 13.0 Å². The second-order valence-corrected chi connectivity index (χ2v) is 3.35. The van der Waals surface area contributed by atoms with E-state index in [2.05, 4.69) is 0 Å². The van der Waals surface area contributed by atoms with Gasteiger partial charge in [0.15, 0.2) is 0 Å². The molecule has 0 aromatic rings. The van der Waals surface area contributed by atoms with E-state index < -0.39 is 23.9 Å². The smallest absolute Gasteiger partial charge is 0.321 e. The topological polar surface area (TPSA) is 77.8 Å². The molecule has 1 aliphatic heterocycles. The van der Waals surface area contributed by atoms with Crippen molar-refractivity contribution in [1.29, 1.82) is 0 Å². The maximum atomic E-state index is 10.8. The molecule has 0 aromatic carbocycles. The molecule has 5 heteroatoms. The summed E-state index contributed by atoms with van der Waals surface area (Å²) < 4.78 is 0. The van der Waals surface area contributed by atoms with Crippen molar-refractivity contribution in [3.05, 3.63) is 0 Å². The molecule has 0 amide bonds. The molecule has 0 spiro atoms. The molecule has 0 unspecified atom stereocenters. The molecule has 0 bridgehead atoms. The van der Waals surface area contributed by atoms with Gasteiger partial charge in [-0.05, 0) is 26.4 Å². The maximum absolute atomic E-state index is 10.8. The SMILES string of the molecule is CN1CCC[C@@H](C(=O)O)[C@H]1C(=O)O. The van der Waals surface area contributed by atoms with Crippen LogP contribution in [0.2, 0.25) is 0 Å². The Hall–Kier alpha value is -1.10. The highest BCUT2D eigenvalue weighted by Gasteiger charge is 2.39. The summed E-state index contributed by atoms with van der Waals surface area (Å²) in [6.45, 7) is 0.654. The van der Waals surface area contributed by atoms with Crippen LogP contribution in [0.5, 0.6) is 0 Å². The van der Waals surface area contributed by atoms with Gasteiger partial charge in [-0.1, -0.05) is 0 Å². The zero-order valence-electron chi connectivity index (χ0n) is 7.43. The van der Waals surface area contributed by atoms with Crippen LogP contribution >= 0.6 is 0 Å². The average molecular weight is 187 g/mol. The van der Waals surface area contributed by atoms with Crippen molar-refractivity contribution in [3.8, 4) is 0 Å². The van der Waals surface area contributed by atoms with Crippen molar-refractivity contribution in [2.45, 2.75) is 18.9 Å². The second kappa shape index (κ2) is 3.74. The number of nitrogens with zero attached hydrogens (tertiary/aromatic N) is 1. The van der Waals surface area contributed by atoms with E-state index >= 15 is 0 Å². The van der Waals surface area contributed by atoms with Crippen molar-refractivity contribution in [3.63, 3.8) is 0 Å². The molecule has 74 valence electrons. The summed E-state index contributed by atoms with van der Waals surface area (Å²) in [7, 11) is 1.65. The van der Waals surface area contributed by atoms with Gasteiger partial charge in [0.1, 0.15) is 6.04 Å². The quantitative estimate of drug-likeness (QED) is 0.629. The minimum Gasteiger partial charge on any atom is -0.481 e. The van der Waals surface area contributed by atoms with Crippen LogP contribution in [0, 0.1) is 5.92 Å². The van der Waals surface area contributed by atoms with Gasteiger partial charge in [0, 0.05) is 0 Å². The molecule has 1 fully saturated rings. The molecule has 2 N–H and O–H groups in total. The van der Waals surface area contributed by atoms with Crippen molar-refractivity contribution in [1.82, 2.24) is 4.90 Å². The Labute approximate surface area is 76.0 Å². The normalized spacial score (nSPS) is 29.9. The van der Waals surface area contributed by atoms with Crippen LogP contribution in [0.1, 0.15) is 12.8 Å².